The topological polar surface area (TPSA) is 422 Å². The van der Waals surface area contributed by atoms with Crippen LogP contribution < -0.4 is 47.9 Å². The number of cyclic esters (lactones) is 1. The maximum absolute atomic E-state index is 14.2. The van der Waals surface area contributed by atoms with Crippen LogP contribution >= 0.6 is 11.6 Å². The van der Waals surface area contributed by atoms with Gasteiger partial charge in [-0.1, -0.05) is 104 Å². The lowest BCUT2D eigenvalue weighted by molar-refractivity contribution is -0.158. The minimum Gasteiger partial charge on any atom is -0.466 e. The molecule has 1 heterocycles. The van der Waals surface area contributed by atoms with Crippen molar-refractivity contribution in [3.8, 4) is 0 Å². The summed E-state index contributed by atoms with van der Waals surface area (Å²) in [5.74, 6) is -15.2. The third-order valence-electron chi connectivity index (χ3n) is 13.3. The first-order valence-corrected chi connectivity index (χ1v) is 29.6. The maximum Gasteiger partial charge on any atom is 0.337 e. The lowest BCUT2D eigenvalue weighted by atomic mass is 10.0. The molecule has 0 aliphatic carbocycles. The number of hydrogen-bond acceptors (Lipinski definition) is 19. The number of hydrogen-bond donors (Lipinski definition) is 13. The fourth-order valence-electron chi connectivity index (χ4n) is 8.41. The predicted octanol–water partition coefficient (Wildman–Crippen LogP) is -1.02. The SMILES string of the molecule is C/C=C1\NC(=O)C(C(C)O)NC(=O)C(CC)NC(=O)C(CCCC)NC(=O)C(CC(=O)OCC)NC(=O)C(CC)NC(=O)C(NC(=O)CC(O)CCCCCCCCCCC)COC(=O)C(C(O)CCl)NC(=O)C(C(O)C(=O)OCC)NC1=O. The summed E-state index contributed by atoms with van der Waals surface area (Å²) >= 11 is 5.93. The summed E-state index contributed by atoms with van der Waals surface area (Å²) in [5, 5.41) is 64.3. The number of nitrogens with one attached hydrogen (secondary N) is 9. The highest BCUT2D eigenvalue weighted by molar-refractivity contribution is 6.18. The summed E-state index contributed by atoms with van der Waals surface area (Å²) in [6.45, 7) is 10.4. The van der Waals surface area contributed by atoms with Gasteiger partial charge in [-0.25, -0.2) is 9.59 Å². The Morgan fingerprint density at radius 1 is 0.619 bits per heavy atom. The Kier molecular flexibility index (Phi) is 37.3. The second kappa shape index (κ2) is 41.5. The van der Waals surface area contributed by atoms with Crippen LogP contribution in [0.1, 0.15) is 165 Å². The Hall–Kier alpha value is -6.49. The van der Waals surface area contributed by atoms with E-state index in [2.05, 4.69) is 44.1 Å². The molecule has 1 aliphatic heterocycles. The van der Waals surface area contributed by atoms with Crippen LogP contribution in [0.5, 0.6) is 0 Å². The number of amides is 9. The van der Waals surface area contributed by atoms with Crippen LogP contribution in [-0.2, 0) is 71.7 Å². The number of halogens is 1. The van der Waals surface area contributed by atoms with Crippen molar-refractivity contribution < 1.29 is 92.2 Å². The number of ether oxygens (including phenoxy) is 3. The Bertz CT molecular complexity index is 2210. The molecule has 0 aromatic heterocycles. The van der Waals surface area contributed by atoms with E-state index in [1.807, 2.05) is 10.6 Å². The molecule has 28 nitrogen and oxygen atoms in total. The number of aliphatic hydroxyl groups is 4. The minimum absolute atomic E-state index is 0.0361. The van der Waals surface area contributed by atoms with Gasteiger partial charge in [-0.05, 0) is 53.4 Å². The van der Waals surface area contributed by atoms with Gasteiger partial charge in [0.2, 0.25) is 47.3 Å². The number of esters is 3. The number of rotatable bonds is 27. The summed E-state index contributed by atoms with van der Waals surface area (Å²) in [7, 11) is 0. The first kappa shape index (κ1) is 75.5. The Morgan fingerprint density at radius 2 is 1.13 bits per heavy atom. The lowest BCUT2D eigenvalue weighted by Gasteiger charge is -2.28. The molecule has 12 unspecified atom stereocenters. The average molecular weight is 1220 g/mol. The average Bonchev–Trinajstić information content (AvgIpc) is 3.56. The molecule has 84 heavy (non-hydrogen) atoms. The van der Waals surface area contributed by atoms with E-state index in [9.17, 15) is 78.0 Å². The molecule has 0 saturated carbocycles. The zero-order chi connectivity index (χ0) is 63.5. The van der Waals surface area contributed by atoms with E-state index >= 15 is 0 Å². The quantitative estimate of drug-likeness (QED) is 0.0154. The van der Waals surface area contributed by atoms with Crippen molar-refractivity contribution in [3.05, 3.63) is 11.8 Å². The molecule has 0 radical (unpaired) electrons. The minimum atomic E-state index is -2.56. The van der Waals surface area contributed by atoms with E-state index in [1.165, 1.54) is 41.0 Å². The molecule has 12 atom stereocenters. The van der Waals surface area contributed by atoms with Crippen LogP contribution in [0.4, 0.5) is 0 Å². The van der Waals surface area contributed by atoms with E-state index in [-0.39, 0.29) is 38.9 Å². The van der Waals surface area contributed by atoms with E-state index < -0.39 is 175 Å². The molecule has 0 bridgehead atoms. The molecule has 478 valence electrons. The second-order valence-electron chi connectivity index (χ2n) is 20.2. The van der Waals surface area contributed by atoms with Gasteiger partial charge in [-0.3, -0.25) is 47.9 Å². The number of unbranched alkanes of at least 4 members (excludes halogenated alkanes) is 9. The highest BCUT2D eigenvalue weighted by atomic mass is 35.5. The largest absolute Gasteiger partial charge is 0.466 e. The van der Waals surface area contributed by atoms with Gasteiger partial charge in [0.05, 0.1) is 50.2 Å². The standard InChI is InChI=1S/C55H92ClN9O19/c1-9-16-18-19-20-21-22-23-24-25-32(67)27-40(69)57-38-30-84-54(80)43(39(68)29-56)64-53(79)44(45(71)55(81)83-15-7)65-48(74)35(13-5)60-52(78)42(31(8)66)63-47(73)34(12-4)58-49(75)36(26-17-10-2)61-50(76)37(28-41(70)82-14-6)62-46(72)33(11-3)59-51(38)77/h13,31-34,36-39,42-45,66-68,71H,9-12,14-30H2,1-8H3,(H,57,69)(H,58,75)(H,59,77)(H,60,78)(H,61,76)(H,62,72)(H,63,73)(H,64,79)(H,65,74)/b35-13-. The fraction of sp³-hybridized carbons (Fsp3) is 0.745. The molecule has 1 saturated heterocycles. The van der Waals surface area contributed by atoms with Crippen molar-refractivity contribution in [2.45, 2.75) is 237 Å². The van der Waals surface area contributed by atoms with Gasteiger partial charge in [0, 0.05) is 0 Å². The van der Waals surface area contributed by atoms with Crippen molar-refractivity contribution in [3.63, 3.8) is 0 Å². The van der Waals surface area contributed by atoms with E-state index in [4.69, 9.17) is 25.8 Å². The molecular weight excluding hydrogens is 1130 g/mol. The third kappa shape index (κ3) is 27.5. The molecule has 0 aromatic rings. The maximum atomic E-state index is 14.2. The molecule has 1 aliphatic rings. The highest BCUT2D eigenvalue weighted by Gasteiger charge is 2.41. The van der Waals surface area contributed by atoms with Crippen molar-refractivity contribution in [1.82, 2.24) is 47.9 Å². The summed E-state index contributed by atoms with van der Waals surface area (Å²) < 4.78 is 15.3. The summed E-state index contributed by atoms with van der Waals surface area (Å²) in [6, 6.07) is -14.6. The second-order valence-corrected chi connectivity index (χ2v) is 20.5. The summed E-state index contributed by atoms with van der Waals surface area (Å²) in [6.07, 6.45) is 1.78. The Labute approximate surface area is 495 Å². The number of carbonyl (C=O) groups excluding carboxylic acids is 12. The molecular formula is C55H92ClN9O19. The molecule has 0 aromatic carbocycles. The van der Waals surface area contributed by atoms with Gasteiger partial charge >= 0.3 is 17.9 Å². The van der Waals surface area contributed by atoms with Crippen LogP contribution in [0, 0.1) is 0 Å². The lowest BCUT2D eigenvalue weighted by Crippen LogP contribution is -2.62. The van der Waals surface area contributed by atoms with E-state index in [0.29, 0.717) is 19.3 Å². The van der Waals surface area contributed by atoms with Crippen molar-refractivity contribution in [1.29, 1.82) is 0 Å². The van der Waals surface area contributed by atoms with Gasteiger partial charge in [0.25, 0.3) is 5.91 Å². The smallest absolute Gasteiger partial charge is 0.337 e. The van der Waals surface area contributed by atoms with Gasteiger partial charge in [0.1, 0.15) is 54.6 Å². The van der Waals surface area contributed by atoms with Crippen LogP contribution in [0.3, 0.4) is 0 Å². The first-order chi connectivity index (χ1) is 39.9. The van der Waals surface area contributed by atoms with Gasteiger partial charge in [-0.2, -0.15) is 0 Å². The highest BCUT2D eigenvalue weighted by Crippen LogP contribution is 2.14. The number of aliphatic hydroxyl groups excluding tert-OH is 4. The molecule has 1 fully saturated rings. The number of allylic oxidation sites excluding steroid dienone is 1. The fourth-order valence-corrected chi connectivity index (χ4v) is 8.59. The number of carbonyl (C=O) groups is 12. The normalized spacial score (nSPS) is 24.3. The molecule has 29 heteroatoms. The number of alkyl halides is 1. The molecule has 13 N–H and O–H groups in total. The van der Waals surface area contributed by atoms with Gasteiger partial charge < -0.3 is 82.5 Å². The predicted molar refractivity (Wildman–Crippen MR) is 303 cm³/mol. The van der Waals surface area contributed by atoms with Crippen LogP contribution in [-0.4, -0.2) is 190 Å². The van der Waals surface area contributed by atoms with E-state index in [1.54, 1.807) is 6.92 Å². The Morgan fingerprint density at radius 3 is 1.68 bits per heavy atom. The van der Waals surface area contributed by atoms with Crippen LogP contribution in [0.25, 0.3) is 0 Å². The first-order valence-electron chi connectivity index (χ1n) is 29.0. The summed E-state index contributed by atoms with van der Waals surface area (Å²) in [4.78, 5) is 165. The van der Waals surface area contributed by atoms with Gasteiger partial charge in [0.15, 0.2) is 12.1 Å². The zero-order valence-corrected chi connectivity index (χ0v) is 50.4. The van der Waals surface area contributed by atoms with Crippen LogP contribution in [0.15, 0.2) is 11.8 Å². The van der Waals surface area contributed by atoms with Crippen molar-refractivity contribution >= 4 is 82.7 Å². The molecule has 0 spiro atoms. The van der Waals surface area contributed by atoms with E-state index in [0.717, 1.165) is 57.9 Å². The third-order valence-corrected chi connectivity index (χ3v) is 13.7. The van der Waals surface area contributed by atoms with Gasteiger partial charge in [-0.15, -0.1) is 11.6 Å². The van der Waals surface area contributed by atoms with Crippen molar-refractivity contribution in [2.75, 3.05) is 25.7 Å². The monoisotopic (exact) mass is 1220 g/mol. The Balaban J connectivity index is 4.02. The van der Waals surface area contributed by atoms with Crippen molar-refractivity contribution in [2.24, 2.45) is 0 Å². The molecule has 9 amide bonds. The zero-order valence-electron chi connectivity index (χ0n) is 49.6. The van der Waals surface area contributed by atoms with Crippen LogP contribution in [0.2, 0.25) is 0 Å². The molecule has 1 rings (SSSR count). The summed E-state index contributed by atoms with van der Waals surface area (Å²) in [5.41, 5.74) is -0.696.